The molecule has 0 radical (unpaired) electrons. The molecule has 3 nitrogen and oxygen atoms in total. The Morgan fingerprint density at radius 3 is 2.57 bits per heavy atom. The van der Waals surface area contributed by atoms with E-state index < -0.39 is 5.95 Å². The predicted molar refractivity (Wildman–Crippen MR) is 85.0 cm³/mol. The summed E-state index contributed by atoms with van der Waals surface area (Å²) in [4.78, 5) is 3.55. The van der Waals surface area contributed by atoms with Crippen molar-refractivity contribution in [1.82, 2.24) is 4.98 Å². The molecule has 2 aromatic rings. The second kappa shape index (κ2) is 5.87. The summed E-state index contributed by atoms with van der Waals surface area (Å²) in [5.41, 5.74) is 10.7. The zero-order valence-corrected chi connectivity index (χ0v) is 12.4. The smallest absolute Gasteiger partial charge is 0.214 e. The highest BCUT2D eigenvalue weighted by atomic mass is 19.1. The molecule has 1 heterocycles. The number of anilines is 1. The van der Waals surface area contributed by atoms with Crippen LogP contribution in [0.5, 0.6) is 0 Å². The number of halogens is 1. The summed E-state index contributed by atoms with van der Waals surface area (Å²) in [7, 11) is 0. The quantitative estimate of drug-likeness (QED) is 0.663. The molecule has 0 bridgehead atoms. The van der Waals surface area contributed by atoms with Crippen molar-refractivity contribution in [2.45, 2.75) is 20.8 Å². The van der Waals surface area contributed by atoms with Crippen LogP contribution < -0.4 is 5.73 Å². The molecule has 0 aliphatic heterocycles. The fraction of sp³-hybridized carbons (Fsp3) is 0.176. The highest BCUT2D eigenvalue weighted by Gasteiger charge is 2.08. The van der Waals surface area contributed by atoms with E-state index in [0.29, 0.717) is 5.56 Å². The molecule has 0 spiro atoms. The Morgan fingerprint density at radius 1 is 1.19 bits per heavy atom. The molecule has 21 heavy (non-hydrogen) atoms. The summed E-state index contributed by atoms with van der Waals surface area (Å²) >= 11 is 0. The molecule has 0 unspecified atom stereocenters. The molecule has 3 N–H and O–H groups in total. The SMILES string of the molecule is C/C(=C/C(=N)c1ccc(F)nc1N)c1cc(C)ccc1C. The number of nitrogens with zero attached hydrogens (tertiary/aromatic N) is 1. The van der Waals surface area contributed by atoms with Crippen LogP contribution in [0.15, 0.2) is 36.4 Å². The van der Waals surface area contributed by atoms with Crippen LogP contribution in [0.4, 0.5) is 10.2 Å². The molecule has 2 rings (SSSR count). The largest absolute Gasteiger partial charge is 0.383 e. The molecular weight excluding hydrogens is 265 g/mol. The lowest BCUT2D eigenvalue weighted by molar-refractivity contribution is 0.585. The minimum absolute atomic E-state index is 0.0324. The number of nitrogens with one attached hydrogen (secondary N) is 1. The van der Waals surface area contributed by atoms with Crippen LogP contribution in [0.1, 0.15) is 29.2 Å². The van der Waals surface area contributed by atoms with E-state index >= 15 is 0 Å². The Labute approximate surface area is 123 Å². The average Bonchev–Trinajstić information content (AvgIpc) is 2.41. The molecule has 0 aliphatic rings. The van der Waals surface area contributed by atoms with Crippen molar-refractivity contribution in [2.75, 3.05) is 5.73 Å². The molecule has 1 aromatic carbocycles. The molecule has 0 saturated heterocycles. The topological polar surface area (TPSA) is 62.8 Å². The average molecular weight is 283 g/mol. The molecule has 0 fully saturated rings. The van der Waals surface area contributed by atoms with Gasteiger partial charge in [-0.1, -0.05) is 23.8 Å². The number of hydrogen-bond acceptors (Lipinski definition) is 3. The van der Waals surface area contributed by atoms with Crippen molar-refractivity contribution < 1.29 is 4.39 Å². The number of aryl methyl sites for hydroxylation is 2. The van der Waals surface area contributed by atoms with Crippen LogP contribution in [0.2, 0.25) is 0 Å². The Hall–Kier alpha value is -2.49. The molecule has 0 amide bonds. The maximum absolute atomic E-state index is 13.0. The van der Waals surface area contributed by atoms with Gasteiger partial charge in [0.25, 0.3) is 0 Å². The van der Waals surface area contributed by atoms with Crippen LogP contribution in [0.25, 0.3) is 5.57 Å². The summed E-state index contributed by atoms with van der Waals surface area (Å²) < 4.78 is 13.0. The van der Waals surface area contributed by atoms with Gasteiger partial charge in [-0.25, -0.2) is 4.98 Å². The van der Waals surface area contributed by atoms with Gasteiger partial charge in [0.05, 0.1) is 5.71 Å². The van der Waals surface area contributed by atoms with Crippen molar-refractivity contribution in [3.8, 4) is 0 Å². The van der Waals surface area contributed by atoms with Crippen molar-refractivity contribution in [3.05, 3.63) is 64.6 Å². The molecule has 0 aliphatic carbocycles. The minimum atomic E-state index is -0.640. The predicted octanol–water partition coefficient (Wildman–Crippen LogP) is 3.89. The fourth-order valence-corrected chi connectivity index (χ4v) is 2.21. The van der Waals surface area contributed by atoms with Gasteiger partial charge in [-0.15, -0.1) is 0 Å². The maximum Gasteiger partial charge on any atom is 0.214 e. The third-order valence-corrected chi connectivity index (χ3v) is 3.36. The van der Waals surface area contributed by atoms with Crippen molar-refractivity contribution in [1.29, 1.82) is 5.41 Å². The number of rotatable bonds is 3. The highest BCUT2D eigenvalue weighted by molar-refractivity contribution is 6.12. The van der Waals surface area contributed by atoms with Crippen molar-refractivity contribution >= 4 is 17.1 Å². The zero-order valence-electron chi connectivity index (χ0n) is 12.4. The van der Waals surface area contributed by atoms with Crippen molar-refractivity contribution in [3.63, 3.8) is 0 Å². The van der Waals surface area contributed by atoms with Crippen LogP contribution >= 0.6 is 0 Å². The van der Waals surface area contributed by atoms with Gasteiger partial charge < -0.3 is 11.1 Å². The van der Waals surface area contributed by atoms with E-state index in [9.17, 15) is 4.39 Å². The second-order valence-corrected chi connectivity index (χ2v) is 5.13. The molecular formula is C17H18FN3. The second-order valence-electron chi connectivity index (χ2n) is 5.13. The van der Waals surface area contributed by atoms with Gasteiger partial charge in [0.1, 0.15) is 5.82 Å². The number of nitrogen functional groups attached to an aromatic ring is 1. The summed E-state index contributed by atoms with van der Waals surface area (Å²) in [6, 6.07) is 8.88. The Kier molecular flexibility index (Phi) is 4.17. The third-order valence-electron chi connectivity index (χ3n) is 3.36. The van der Waals surface area contributed by atoms with Gasteiger partial charge in [-0.05, 0) is 55.7 Å². The summed E-state index contributed by atoms with van der Waals surface area (Å²) in [5, 5.41) is 8.13. The highest BCUT2D eigenvalue weighted by Crippen LogP contribution is 2.21. The Bertz CT molecular complexity index is 733. The maximum atomic E-state index is 13.0. The van der Waals surface area contributed by atoms with Gasteiger partial charge in [0.15, 0.2) is 0 Å². The van der Waals surface area contributed by atoms with Crippen LogP contribution in [-0.2, 0) is 0 Å². The number of hydrogen-bond donors (Lipinski definition) is 2. The number of benzene rings is 1. The summed E-state index contributed by atoms with van der Waals surface area (Å²) in [6.45, 7) is 6.01. The van der Waals surface area contributed by atoms with E-state index in [1.165, 1.54) is 12.1 Å². The lowest BCUT2D eigenvalue weighted by Crippen LogP contribution is -2.05. The standard InChI is InChI=1S/C17H18FN3/c1-10-4-5-11(2)14(8-10)12(3)9-15(19)13-6-7-16(18)21-17(13)20/h4-9,19H,1-3H3,(H2,20,21)/b12-9-,19-15?. The van der Waals surface area contributed by atoms with E-state index in [2.05, 4.69) is 23.2 Å². The molecule has 4 heteroatoms. The van der Waals surface area contributed by atoms with Gasteiger partial charge in [-0.3, -0.25) is 0 Å². The van der Waals surface area contributed by atoms with Gasteiger partial charge in [0.2, 0.25) is 5.95 Å². The normalized spacial score (nSPS) is 11.5. The number of allylic oxidation sites excluding steroid dienone is 2. The van der Waals surface area contributed by atoms with E-state index in [4.69, 9.17) is 11.1 Å². The number of nitrogens with two attached hydrogens (primary N) is 1. The Balaban J connectivity index is 2.38. The lowest BCUT2D eigenvalue weighted by Gasteiger charge is -2.09. The zero-order chi connectivity index (χ0) is 15.6. The first-order valence-electron chi connectivity index (χ1n) is 6.65. The van der Waals surface area contributed by atoms with Crippen LogP contribution in [-0.4, -0.2) is 10.7 Å². The van der Waals surface area contributed by atoms with Gasteiger partial charge in [0, 0.05) is 5.56 Å². The molecule has 0 saturated carbocycles. The molecule has 1 aromatic heterocycles. The Morgan fingerprint density at radius 2 is 1.90 bits per heavy atom. The van der Waals surface area contributed by atoms with Gasteiger partial charge >= 0.3 is 0 Å². The van der Waals surface area contributed by atoms with Crippen LogP contribution in [0, 0.1) is 25.2 Å². The van der Waals surface area contributed by atoms with Crippen molar-refractivity contribution in [2.24, 2.45) is 0 Å². The number of aromatic nitrogens is 1. The fourth-order valence-electron chi connectivity index (χ4n) is 2.21. The van der Waals surface area contributed by atoms with E-state index in [-0.39, 0.29) is 11.5 Å². The van der Waals surface area contributed by atoms with E-state index in [1.807, 2.05) is 20.8 Å². The monoisotopic (exact) mass is 283 g/mol. The van der Waals surface area contributed by atoms with E-state index in [0.717, 1.165) is 22.3 Å². The lowest BCUT2D eigenvalue weighted by atomic mass is 9.97. The first kappa shape index (κ1) is 14.9. The molecule has 0 atom stereocenters. The third kappa shape index (κ3) is 3.34. The van der Waals surface area contributed by atoms with Crippen LogP contribution in [0.3, 0.4) is 0 Å². The molecule has 108 valence electrons. The minimum Gasteiger partial charge on any atom is -0.383 e. The van der Waals surface area contributed by atoms with Gasteiger partial charge in [-0.2, -0.15) is 4.39 Å². The summed E-state index contributed by atoms with van der Waals surface area (Å²) in [6.07, 6.45) is 1.73. The van der Waals surface area contributed by atoms with E-state index in [1.54, 1.807) is 6.08 Å². The first-order valence-corrected chi connectivity index (χ1v) is 6.65. The first-order chi connectivity index (χ1) is 9.88. The number of pyridine rings is 1. The summed E-state index contributed by atoms with van der Waals surface area (Å²) in [5.74, 6) is -0.607.